The van der Waals surface area contributed by atoms with E-state index in [1.807, 2.05) is 12.1 Å². The SMILES string of the molecule is Nc1nonc1N=Nc1cc(C=Nc2cccc3nsnc23)c(O)cc1O. The van der Waals surface area contributed by atoms with Crippen molar-refractivity contribution in [2.75, 3.05) is 5.73 Å². The lowest BCUT2D eigenvalue weighted by Crippen LogP contribution is -1.84. The standard InChI is InChI=1S/C15H10N8O3S/c16-14-15(21-26-20-14)19-18-10-4-7(11(24)5-12(10)25)6-17-8-2-1-3-9-13(8)23-27-22-9/h1-6,24-25H,(H2,16,20). The molecule has 0 aliphatic carbocycles. The zero-order valence-electron chi connectivity index (χ0n) is 13.4. The van der Waals surface area contributed by atoms with E-state index in [0.29, 0.717) is 16.8 Å². The van der Waals surface area contributed by atoms with E-state index in [4.69, 9.17) is 5.73 Å². The van der Waals surface area contributed by atoms with E-state index >= 15 is 0 Å². The van der Waals surface area contributed by atoms with Gasteiger partial charge in [0.15, 0.2) is 0 Å². The van der Waals surface area contributed by atoms with Gasteiger partial charge in [-0.25, -0.2) is 4.63 Å². The number of phenols is 2. The lowest BCUT2D eigenvalue weighted by atomic mass is 10.1. The number of anilines is 1. The summed E-state index contributed by atoms with van der Waals surface area (Å²) in [5.74, 6) is -0.528. The maximum absolute atomic E-state index is 10.1. The summed E-state index contributed by atoms with van der Waals surface area (Å²) in [5.41, 5.74) is 7.87. The predicted octanol–water partition coefficient (Wildman–Crippen LogP) is 3.23. The van der Waals surface area contributed by atoms with Gasteiger partial charge in [-0.15, -0.1) is 10.2 Å². The molecule has 27 heavy (non-hydrogen) atoms. The molecule has 4 N–H and O–H groups in total. The Balaban J connectivity index is 1.68. The van der Waals surface area contributed by atoms with Crippen LogP contribution in [0, 0.1) is 0 Å². The highest BCUT2D eigenvalue weighted by Gasteiger charge is 2.10. The van der Waals surface area contributed by atoms with Crippen LogP contribution in [0.25, 0.3) is 11.0 Å². The number of hydrogen-bond donors (Lipinski definition) is 3. The Bertz CT molecular complexity index is 1180. The van der Waals surface area contributed by atoms with Gasteiger partial charge in [-0.05, 0) is 28.5 Å². The van der Waals surface area contributed by atoms with Crippen molar-refractivity contribution in [3.63, 3.8) is 0 Å². The summed E-state index contributed by atoms with van der Waals surface area (Å²) in [4.78, 5) is 4.34. The minimum atomic E-state index is -0.283. The lowest BCUT2D eigenvalue weighted by molar-refractivity contribution is 0.310. The molecule has 2 heterocycles. The Morgan fingerprint density at radius 2 is 1.93 bits per heavy atom. The molecule has 0 atom stereocenters. The Labute approximate surface area is 154 Å². The van der Waals surface area contributed by atoms with Crippen LogP contribution < -0.4 is 5.73 Å². The summed E-state index contributed by atoms with van der Waals surface area (Å²) in [6.45, 7) is 0. The summed E-state index contributed by atoms with van der Waals surface area (Å²) in [7, 11) is 0. The van der Waals surface area contributed by atoms with E-state index in [1.165, 1.54) is 12.3 Å². The van der Waals surface area contributed by atoms with Crippen LogP contribution >= 0.6 is 11.7 Å². The number of rotatable bonds is 4. The molecule has 0 unspecified atom stereocenters. The second-order valence-corrected chi connectivity index (χ2v) is 5.77. The molecule has 12 heteroatoms. The number of nitrogens with zero attached hydrogens (tertiary/aromatic N) is 7. The van der Waals surface area contributed by atoms with E-state index < -0.39 is 0 Å². The van der Waals surface area contributed by atoms with Gasteiger partial charge in [0.1, 0.15) is 28.2 Å². The summed E-state index contributed by atoms with van der Waals surface area (Å²) in [5, 5.41) is 34.4. The van der Waals surface area contributed by atoms with Crippen molar-refractivity contribution in [2.24, 2.45) is 15.2 Å². The van der Waals surface area contributed by atoms with Gasteiger partial charge < -0.3 is 15.9 Å². The number of aromatic hydroxyl groups is 2. The molecule has 0 bridgehead atoms. The van der Waals surface area contributed by atoms with Crippen molar-refractivity contribution in [3.8, 4) is 11.5 Å². The first-order valence-corrected chi connectivity index (χ1v) is 8.16. The van der Waals surface area contributed by atoms with Crippen LogP contribution in [0.2, 0.25) is 0 Å². The highest BCUT2D eigenvalue weighted by molar-refractivity contribution is 7.00. The minimum Gasteiger partial charge on any atom is -0.507 e. The molecular formula is C15H10N8O3S. The third kappa shape index (κ3) is 3.28. The number of aromatic nitrogens is 4. The molecule has 0 saturated heterocycles. The summed E-state index contributed by atoms with van der Waals surface area (Å²) < 4.78 is 12.8. The third-order valence-electron chi connectivity index (χ3n) is 3.48. The fourth-order valence-electron chi connectivity index (χ4n) is 2.16. The number of benzene rings is 2. The first-order valence-electron chi connectivity index (χ1n) is 7.43. The molecule has 2 aromatic heterocycles. The molecule has 4 aromatic rings. The highest BCUT2D eigenvalue weighted by atomic mass is 32.1. The van der Waals surface area contributed by atoms with Gasteiger partial charge in [-0.1, -0.05) is 6.07 Å². The fourth-order valence-corrected chi connectivity index (χ4v) is 2.71. The molecule has 0 spiro atoms. The second kappa shape index (κ2) is 6.76. The minimum absolute atomic E-state index is 0.0274. The Kier molecular flexibility index (Phi) is 4.14. The summed E-state index contributed by atoms with van der Waals surface area (Å²) in [6.07, 6.45) is 1.42. The number of phenolic OH excluding ortho intramolecular Hbond substituents is 2. The Morgan fingerprint density at radius 1 is 1.04 bits per heavy atom. The molecule has 0 radical (unpaired) electrons. The van der Waals surface area contributed by atoms with Crippen molar-refractivity contribution in [2.45, 2.75) is 0 Å². The highest BCUT2D eigenvalue weighted by Crippen LogP contribution is 2.34. The average Bonchev–Trinajstić information content (AvgIpc) is 3.29. The molecule has 0 aliphatic heterocycles. The smallest absolute Gasteiger partial charge is 0.261 e. The Morgan fingerprint density at radius 3 is 2.74 bits per heavy atom. The quantitative estimate of drug-likeness (QED) is 0.357. The van der Waals surface area contributed by atoms with Crippen LogP contribution in [0.3, 0.4) is 0 Å². The topological polar surface area (TPSA) is 168 Å². The van der Waals surface area contributed by atoms with Gasteiger partial charge in [0, 0.05) is 17.8 Å². The van der Waals surface area contributed by atoms with Crippen LogP contribution in [0.1, 0.15) is 5.56 Å². The van der Waals surface area contributed by atoms with Crippen molar-refractivity contribution < 1.29 is 14.8 Å². The molecule has 0 amide bonds. The zero-order chi connectivity index (χ0) is 18.8. The van der Waals surface area contributed by atoms with E-state index in [1.54, 1.807) is 6.07 Å². The van der Waals surface area contributed by atoms with Gasteiger partial charge >= 0.3 is 0 Å². The maximum Gasteiger partial charge on any atom is 0.261 e. The number of azo groups is 1. The first-order chi connectivity index (χ1) is 13.1. The van der Waals surface area contributed by atoms with E-state index in [2.05, 4.69) is 38.9 Å². The van der Waals surface area contributed by atoms with Crippen LogP contribution in [0.4, 0.5) is 23.0 Å². The molecule has 0 aliphatic rings. The van der Waals surface area contributed by atoms with Crippen LogP contribution in [0.5, 0.6) is 11.5 Å². The molecule has 11 nitrogen and oxygen atoms in total. The predicted molar refractivity (Wildman–Crippen MR) is 97.3 cm³/mol. The van der Waals surface area contributed by atoms with E-state index in [0.717, 1.165) is 23.3 Å². The average molecular weight is 382 g/mol. The maximum atomic E-state index is 10.1. The van der Waals surface area contributed by atoms with Crippen molar-refractivity contribution in [1.29, 1.82) is 0 Å². The largest absolute Gasteiger partial charge is 0.507 e. The fraction of sp³-hybridized carbons (Fsp3) is 0. The molecular weight excluding hydrogens is 372 g/mol. The van der Waals surface area contributed by atoms with Gasteiger partial charge in [-0.3, -0.25) is 4.99 Å². The monoisotopic (exact) mass is 382 g/mol. The van der Waals surface area contributed by atoms with Gasteiger partial charge in [0.2, 0.25) is 5.82 Å². The molecule has 4 rings (SSSR count). The third-order valence-corrected chi connectivity index (χ3v) is 4.02. The molecule has 2 aromatic carbocycles. The summed E-state index contributed by atoms with van der Waals surface area (Å²) in [6, 6.07) is 7.95. The number of hydrogen-bond acceptors (Lipinski definition) is 12. The molecule has 134 valence electrons. The van der Waals surface area contributed by atoms with Gasteiger partial charge in [0.05, 0.1) is 17.4 Å². The second-order valence-electron chi connectivity index (χ2n) is 5.24. The lowest BCUT2D eigenvalue weighted by Gasteiger charge is -2.03. The van der Waals surface area contributed by atoms with Crippen molar-refractivity contribution in [3.05, 3.63) is 35.9 Å². The zero-order valence-corrected chi connectivity index (χ0v) is 14.2. The normalized spacial score (nSPS) is 11.9. The van der Waals surface area contributed by atoms with Crippen LogP contribution in [0.15, 0.2) is 50.2 Å². The Hall–Kier alpha value is -3.93. The van der Waals surface area contributed by atoms with Crippen molar-refractivity contribution in [1.82, 2.24) is 19.1 Å². The number of fused-ring (bicyclic) bond motifs is 1. The molecule has 0 saturated carbocycles. The van der Waals surface area contributed by atoms with Crippen LogP contribution in [-0.4, -0.2) is 35.5 Å². The van der Waals surface area contributed by atoms with E-state index in [-0.39, 0.29) is 28.8 Å². The van der Waals surface area contributed by atoms with Gasteiger partial charge in [0.25, 0.3) is 5.82 Å². The summed E-state index contributed by atoms with van der Waals surface area (Å²) >= 11 is 1.09. The van der Waals surface area contributed by atoms with Crippen LogP contribution in [-0.2, 0) is 0 Å². The first kappa shape index (κ1) is 16.5. The van der Waals surface area contributed by atoms with E-state index in [9.17, 15) is 10.2 Å². The number of nitrogen functional groups attached to an aromatic ring is 1. The number of aliphatic imine (C=N–C) groups is 1. The van der Waals surface area contributed by atoms with Crippen molar-refractivity contribution >= 4 is 52.0 Å². The number of nitrogens with two attached hydrogens (primary N) is 1. The van der Waals surface area contributed by atoms with Gasteiger partial charge in [-0.2, -0.15) is 8.75 Å². The molecule has 0 fully saturated rings.